The molecule has 0 aliphatic heterocycles. The van der Waals surface area contributed by atoms with Crippen LogP contribution in [0.15, 0.2) is 12.3 Å². The van der Waals surface area contributed by atoms with Crippen LogP contribution in [0.25, 0.3) is 0 Å². The minimum atomic E-state index is -1.89. The fourth-order valence-corrected chi connectivity index (χ4v) is 1.66. The van der Waals surface area contributed by atoms with Crippen LogP contribution in [0.3, 0.4) is 0 Å². The van der Waals surface area contributed by atoms with E-state index >= 15 is 0 Å². The Morgan fingerprint density at radius 2 is 1.73 bits per heavy atom. The second kappa shape index (κ2) is 6.39. The van der Waals surface area contributed by atoms with Crippen LogP contribution < -0.4 is 0 Å². The molecule has 0 atom stereocenters. The lowest BCUT2D eigenvalue weighted by Gasteiger charge is -2.15. The van der Waals surface area contributed by atoms with E-state index in [9.17, 15) is 0 Å². The van der Waals surface area contributed by atoms with Gasteiger partial charge in [-0.05, 0) is 20.8 Å². The molecule has 0 saturated carbocycles. The first-order valence-electron chi connectivity index (χ1n) is 3.76. The van der Waals surface area contributed by atoms with Crippen molar-refractivity contribution in [1.82, 2.24) is 0 Å². The molecule has 0 spiro atoms. The normalized spacial score (nSPS) is 10.2. The van der Waals surface area contributed by atoms with Crippen molar-refractivity contribution in [3.05, 3.63) is 12.3 Å². The summed E-state index contributed by atoms with van der Waals surface area (Å²) in [4.78, 5) is 0. The Labute approximate surface area is 69.9 Å². The summed E-state index contributed by atoms with van der Waals surface area (Å²) in [6.07, 6.45) is 0. The smallest absolute Gasteiger partial charge is 0.508 e. The first-order chi connectivity index (χ1) is 5.20. The van der Waals surface area contributed by atoms with E-state index in [1.54, 1.807) is 6.92 Å². The lowest BCUT2D eigenvalue weighted by atomic mass is 10.7. The summed E-state index contributed by atoms with van der Waals surface area (Å²) in [7, 11) is -1.89. The maximum atomic E-state index is 5.23. The first-order valence-corrected chi connectivity index (χ1v) is 5.17. The van der Waals surface area contributed by atoms with E-state index in [1.165, 1.54) is 0 Å². The molecule has 0 saturated heterocycles. The van der Waals surface area contributed by atoms with Crippen molar-refractivity contribution in [3.8, 4) is 0 Å². The topological polar surface area (TPSA) is 27.7 Å². The molecule has 0 amide bonds. The molecular weight excluding hydrogens is 160 g/mol. The van der Waals surface area contributed by atoms with Gasteiger partial charge < -0.3 is 13.3 Å². The number of hydrogen-bond acceptors (Lipinski definition) is 3. The quantitative estimate of drug-likeness (QED) is 0.451. The molecule has 0 bridgehead atoms. The molecular formula is C7H16O3Si. The minimum absolute atomic E-state index is 0.629. The Bertz CT molecular complexity index is 110. The van der Waals surface area contributed by atoms with Crippen LogP contribution in [0.5, 0.6) is 0 Å². The number of allylic oxidation sites excluding steroid dienone is 1. The van der Waals surface area contributed by atoms with Crippen LogP contribution in [0.4, 0.5) is 0 Å². The van der Waals surface area contributed by atoms with E-state index in [1.807, 2.05) is 13.8 Å². The molecule has 0 radical (unpaired) electrons. The predicted octanol–water partition coefficient (Wildman–Crippen LogP) is 1.33. The van der Waals surface area contributed by atoms with Crippen molar-refractivity contribution in [2.45, 2.75) is 20.8 Å². The van der Waals surface area contributed by atoms with Crippen molar-refractivity contribution in [2.24, 2.45) is 0 Å². The number of hydrogen-bond donors (Lipinski definition) is 0. The van der Waals surface area contributed by atoms with Gasteiger partial charge >= 0.3 is 9.53 Å². The highest BCUT2D eigenvalue weighted by molar-refractivity contribution is 6.36. The third-order valence-corrected chi connectivity index (χ3v) is 2.71. The average Bonchev–Trinajstić information content (AvgIpc) is 1.87. The molecule has 0 N–H and O–H groups in total. The maximum Gasteiger partial charge on any atom is 0.549 e. The van der Waals surface area contributed by atoms with Gasteiger partial charge in [-0.25, -0.2) is 0 Å². The zero-order valence-electron chi connectivity index (χ0n) is 7.42. The molecule has 0 aliphatic carbocycles. The Hall–Kier alpha value is -0.323. The zero-order chi connectivity index (χ0) is 8.69. The highest BCUT2D eigenvalue weighted by Crippen LogP contribution is 1.98. The summed E-state index contributed by atoms with van der Waals surface area (Å²) in [6, 6.07) is 0. The van der Waals surface area contributed by atoms with E-state index in [0.717, 1.165) is 0 Å². The molecule has 0 aromatic heterocycles. The lowest BCUT2D eigenvalue weighted by molar-refractivity contribution is 0.129. The highest BCUT2D eigenvalue weighted by Gasteiger charge is 2.14. The molecule has 0 aromatic carbocycles. The van der Waals surface area contributed by atoms with Gasteiger partial charge in [0.05, 0.1) is 5.76 Å². The van der Waals surface area contributed by atoms with Gasteiger partial charge in [-0.3, -0.25) is 0 Å². The fourth-order valence-electron chi connectivity index (χ4n) is 0.553. The van der Waals surface area contributed by atoms with Crippen molar-refractivity contribution < 1.29 is 13.3 Å². The molecule has 0 aliphatic rings. The van der Waals surface area contributed by atoms with Crippen LogP contribution in [0.1, 0.15) is 20.8 Å². The summed E-state index contributed by atoms with van der Waals surface area (Å²) in [5.74, 6) is 0.656. The average molecular weight is 176 g/mol. The van der Waals surface area contributed by atoms with Crippen molar-refractivity contribution >= 4 is 9.53 Å². The fraction of sp³-hybridized carbons (Fsp3) is 0.714. The summed E-state index contributed by atoms with van der Waals surface area (Å²) in [5, 5.41) is 0. The highest BCUT2D eigenvalue weighted by atomic mass is 28.3. The summed E-state index contributed by atoms with van der Waals surface area (Å²) in [6.45, 7) is 10.5. The Balaban J connectivity index is 3.59. The van der Waals surface area contributed by atoms with Crippen LogP contribution in [0, 0.1) is 0 Å². The van der Waals surface area contributed by atoms with Gasteiger partial charge in [-0.2, -0.15) is 0 Å². The van der Waals surface area contributed by atoms with Gasteiger partial charge in [0.25, 0.3) is 0 Å². The molecule has 11 heavy (non-hydrogen) atoms. The zero-order valence-corrected chi connectivity index (χ0v) is 8.58. The summed E-state index contributed by atoms with van der Waals surface area (Å²) >= 11 is 0. The van der Waals surface area contributed by atoms with Crippen LogP contribution in [0.2, 0.25) is 0 Å². The third-order valence-electron chi connectivity index (χ3n) is 0.903. The van der Waals surface area contributed by atoms with Crippen molar-refractivity contribution in [1.29, 1.82) is 0 Å². The van der Waals surface area contributed by atoms with E-state index in [-0.39, 0.29) is 0 Å². The van der Waals surface area contributed by atoms with Crippen molar-refractivity contribution in [2.75, 3.05) is 13.2 Å². The standard InChI is InChI=1S/C7H16O3Si/c1-5-8-11(9-6-2)10-7(3)4/h11H,3,5-6H2,1-2,4H3. The first kappa shape index (κ1) is 10.7. The van der Waals surface area contributed by atoms with E-state index < -0.39 is 9.53 Å². The van der Waals surface area contributed by atoms with E-state index in [4.69, 9.17) is 13.3 Å². The van der Waals surface area contributed by atoms with E-state index in [2.05, 4.69) is 6.58 Å². The van der Waals surface area contributed by atoms with Crippen LogP contribution in [-0.2, 0) is 13.3 Å². The van der Waals surface area contributed by atoms with Gasteiger partial charge in [0.15, 0.2) is 0 Å². The number of rotatable bonds is 6. The van der Waals surface area contributed by atoms with Gasteiger partial charge in [0.2, 0.25) is 0 Å². The second-order valence-corrected chi connectivity index (χ2v) is 3.50. The van der Waals surface area contributed by atoms with E-state index in [0.29, 0.717) is 19.0 Å². The molecule has 0 aromatic rings. The minimum Gasteiger partial charge on any atom is -0.508 e. The molecule has 0 heterocycles. The molecule has 4 heteroatoms. The SMILES string of the molecule is C=C(C)O[SiH](OCC)OCC. The molecule has 0 rings (SSSR count). The summed E-state index contributed by atoms with van der Waals surface area (Å²) < 4.78 is 15.7. The molecule has 0 fully saturated rings. The van der Waals surface area contributed by atoms with Gasteiger partial charge in [0, 0.05) is 13.2 Å². The molecule has 3 nitrogen and oxygen atoms in total. The summed E-state index contributed by atoms with van der Waals surface area (Å²) in [5.41, 5.74) is 0. The predicted molar refractivity (Wildman–Crippen MR) is 46.3 cm³/mol. The van der Waals surface area contributed by atoms with Gasteiger partial charge in [0.1, 0.15) is 0 Å². The third kappa shape index (κ3) is 6.09. The monoisotopic (exact) mass is 176 g/mol. The van der Waals surface area contributed by atoms with Crippen LogP contribution in [-0.4, -0.2) is 22.7 Å². The van der Waals surface area contributed by atoms with Gasteiger partial charge in [-0.1, -0.05) is 6.58 Å². The maximum absolute atomic E-state index is 5.23. The largest absolute Gasteiger partial charge is 0.549 e. The van der Waals surface area contributed by atoms with Crippen LogP contribution >= 0.6 is 0 Å². The Kier molecular flexibility index (Phi) is 6.20. The van der Waals surface area contributed by atoms with Gasteiger partial charge in [-0.15, -0.1) is 0 Å². The lowest BCUT2D eigenvalue weighted by Crippen LogP contribution is -2.26. The second-order valence-electron chi connectivity index (χ2n) is 2.02. The molecule has 66 valence electrons. The van der Waals surface area contributed by atoms with Crippen molar-refractivity contribution in [3.63, 3.8) is 0 Å². The molecule has 0 unspecified atom stereocenters. The Morgan fingerprint density at radius 1 is 1.27 bits per heavy atom. The Morgan fingerprint density at radius 3 is 2.00 bits per heavy atom.